The Hall–Kier alpha value is -3.03. The summed E-state index contributed by atoms with van der Waals surface area (Å²) < 4.78 is 3.97. The van der Waals surface area contributed by atoms with Crippen LogP contribution in [0.1, 0.15) is 6.92 Å². The zero-order valence-corrected chi connectivity index (χ0v) is 17.7. The fourth-order valence-corrected chi connectivity index (χ4v) is 4.45. The molecule has 0 radical (unpaired) electrons. The summed E-state index contributed by atoms with van der Waals surface area (Å²) in [4.78, 5) is 16.3. The predicted octanol–water partition coefficient (Wildman–Crippen LogP) is 5.02. The third kappa shape index (κ3) is 3.40. The highest BCUT2D eigenvalue weighted by molar-refractivity contribution is 8.15. The average Bonchev–Trinajstić information content (AvgIpc) is 3.45. The number of nitrogens with one attached hydrogen (secondary N) is 1. The standard InChI is InChI=1S/C22H18ClN5OS/c1-2-27-12-17(16-8-3-4-9-19(16)27)18-11-20(24-22-25-21(29)13-30-22)28(26-18)15-7-5-6-14(23)10-15/h3-12H,2,13H2,1H3,(H,24,25,29). The highest BCUT2D eigenvalue weighted by Gasteiger charge is 2.20. The number of aromatic nitrogens is 3. The van der Waals surface area contributed by atoms with Gasteiger partial charge in [0.2, 0.25) is 5.91 Å². The Kier molecular flexibility index (Phi) is 4.84. The van der Waals surface area contributed by atoms with Crippen molar-refractivity contribution in [1.82, 2.24) is 19.7 Å². The maximum atomic E-state index is 11.6. The van der Waals surface area contributed by atoms with Crippen LogP contribution >= 0.6 is 23.4 Å². The summed E-state index contributed by atoms with van der Waals surface area (Å²) in [6.07, 6.45) is 2.12. The van der Waals surface area contributed by atoms with Crippen molar-refractivity contribution in [2.75, 3.05) is 5.75 Å². The van der Waals surface area contributed by atoms with E-state index in [2.05, 4.69) is 40.1 Å². The minimum Gasteiger partial charge on any atom is -0.347 e. The van der Waals surface area contributed by atoms with Crippen LogP contribution in [0.3, 0.4) is 0 Å². The molecule has 6 nitrogen and oxygen atoms in total. The molecule has 150 valence electrons. The van der Waals surface area contributed by atoms with Gasteiger partial charge in [-0.3, -0.25) is 4.79 Å². The van der Waals surface area contributed by atoms with Gasteiger partial charge >= 0.3 is 0 Å². The molecule has 0 spiro atoms. The Morgan fingerprint density at radius 3 is 2.83 bits per heavy atom. The van der Waals surface area contributed by atoms with Crippen molar-refractivity contribution in [3.63, 3.8) is 0 Å². The Bertz CT molecular complexity index is 1310. The number of aliphatic imine (C=N–C) groups is 1. The Balaban J connectivity index is 1.69. The van der Waals surface area contributed by atoms with Crippen LogP contribution in [0.2, 0.25) is 5.02 Å². The Morgan fingerprint density at radius 2 is 2.07 bits per heavy atom. The number of halogens is 1. The van der Waals surface area contributed by atoms with Crippen LogP contribution in [-0.2, 0) is 11.3 Å². The molecule has 5 rings (SSSR count). The van der Waals surface area contributed by atoms with Crippen molar-refractivity contribution in [3.05, 3.63) is 65.8 Å². The molecule has 0 atom stereocenters. The van der Waals surface area contributed by atoms with Gasteiger partial charge in [-0.1, -0.05) is 47.6 Å². The largest absolute Gasteiger partial charge is 0.347 e. The van der Waals surface area contributed by atoms with Crippen LogP contribution in [0.25, 0.3) is 27.8 Å². The van der Waals surface area contributed by atoms with E-state index in [0.717, 1.165) is 28.9 Å². The van der Waals surface area contributed by atoms with E-state index in [1.165, 1.54) is 17.3 Å². The van der Waals surface area contributed by atoms with Gasteiger partial charge in [0.05, 0.1) is 17.1 Å². The number of amidine groups is 1. The molecule has 1 N–H and O–H groups in total. The lowest BCUT2D eigenvalue weighted by atomic mass is 10.1. The molecule has 0 aliphatic carbocycles. The van der Waals surface area contributed by atoms with Gasteiger partial charge in [-0.15, -0.1) is 0 Å². The number of carbonyl (C=O) groups excluding carboxylic acids is 1. The first-order valence-corrected chi connectivity index (χ1v) is 10.9. The second-order valence-corrected chi connectivity index (χ2v) is 8.28. The SMILES string of the molecule is CCn1cc(-c2cc(/N=C3/NC(=O)CS3)n(-c3cccc(Cl)c3)n2)c2ccccc21. The van der Waals surface area contributed by atoms with Crippen LogP contribution < -0.4 is 5.32 Å². The molecule has 2 aromatic heterocycles. The molecule has 30 heavy (non-hydrogen) atoms. The molecular formula is C22H18ClN5OS. The monoisotopic (exact) mass is 435 g/mol. The van der Waals surface area contributed by atoms with Gasteiger partial charge in [-0.2, -0.15) is 5.10 Å². The second-order valence-electron chi connectivity index (χ2n) is 6.88. The zero-order chi connectivity index (χ0) is 20.7. The molecule has 1 aliphatic heterocycles. The molecule has 1 aliphatic rings. The van der Waals surface area contributed by atoms with E-state index >= 15 is 0 Å². The summed E-state index contributed by atoms with van der Waals surface area (Å²) in [5.74, 6) is 0.963. The molecule has 8 heteroatoms. The summed E-state index contributed by atoms with van der Waals surface area (Å²) in [6.45, 7) is 2.99. The molecule has 1 saturated heterocycles. The first kappa shape index (κ1) is 19.0. The maximum absolute atomic E-state index is 11.6. The van der Waals surface area contributed by atoms with Crippen molar-refractivity contribution < 1.29 is 4.79 Å². The predicted molar refractivity (Wildman–Crippen MR) is 123 cm³/mol. The second kappa shape index (κ2) is 7.66. The Morgan fingerprint density at radius 1 is 1.20 bits per heavy atom. The first-order chi connectivity index (χ1) is 14.6. The molecule has 0 saturated carbocycles. The van der Waals surface area contributed by atoms with Gasteiger partial charge in [0, 0.05) is 40.3 Å². The van der Waals surface area contributed by atoms with E-state index in [1.807, 2.05) is 42.5 Å². The number of hydrogen-bond acceptors (Lipinski definition) is 4. The lowest BCUT2D eigenvalue weighted by Crippen LogP contribution is -2.20. The molecule has 0 unspecified atom stereocenters. The number of benzene rings is 2. The van der Waals surface area contributed by atoms with Gasteiger partial charge in [0.15, 0.2) is 11.0 Å². The minimum atomic E-state index is -0.0428. The summed E-state index contributed by atoms with van der Waals surface area (Å²) in [5, 5.41) is 9.98. The molecule has 1 amide bonds. The number of rotatable bonds is 4. The third-order valence-electron chi connectivity index (χ3n) is 4.95. The van der Waals surface area contributed by atoms with Crippen LogP contribution in [0.4, 0.5) is 5.82 Å². The molecule has 1 fully saturated rings. The number of nitrogens with zero attached hydrogens (tertiary/aromatic N) is 4. The van der Waals surface area contributed by atoms with Crippen LogP contribution in [0.15, 0.2) is 65.8 Å². The quantitative estimate of drug-likeness (QED) is 0.489. The third-order valence-corrected chi connectivity index (χ3v) is 6.06. The lowest BCUT2D eigenvalue weighted by molar-refractivity contribution is -0.116. The first-order valence-electron chi connectivity index (χ1n) is 9.58. The highest BCUT2D eigenvalue weighted by atomic mass is 35.5. The summed E-state index contributed by atoms with van der Waals surface area (Å²) in [6, 6.07) is 17.7. The van der Waals surface area contributed by atoms with Crippen molar-refractivity contribution in [1.29, 1.82) is 0 Å². The van der Waals surface area contributed by atoms with Gasteiger partial charge in [-0.25, -0.2) is 9.67 Å². The van der Waals surface area contributed by atoms with Gasteiger partial charge in [0.25, 0.3) is 0 Å². The van der Waals surface area contributed by atoms with Crippen molar-refractivity contribution in [2.45, 2.75) is 13.5 Å². The van der Waals surface area contributed by atoms with Crippen LogP contribution in [0.5, 0.6) is 0 Å². The number of thioether (sulfide) groups is 1. The van der Waals surface area contributed by atoms with E-state index < -0.39 is 0 Å². The van der Waals surface area contributed by atoms with Crippen molar-refractivity contribution >= 4 is 51.2 Å². The molecule has 0 bridgehead atoms. The zero-order valence-electron chi connectivity index (χ0n) is 16.2. The number of para-hydroxylation sites is 1. The smallest absolute Gasteiger partial charge is 0.236 e. The van der Waals surface area contributed by atoms with Gasteiger partial charge in [-0.05, 0) is 31.2 Å². The van der Waals surface area contributed by atoms with Crippen LogP contribution in [0, 0.1) is 0 Å². The van der Waals surface area contributed by atoms with Gasteiger partial charge < -0.3 is 9.88 Å². The van der Waals surface area contributed by atoms with E-state index in [-0.39, 0.29) is 5.91 Å². The van der Waals surface area contributed by atoms with Crippen molar-refractivity contribution in [3.8, 4) is 16.9 Å². The van der Waals surface area contributed by atoms with E-state index in [0.29, 0.717) is 21.8 Å². The number of aryl methyl sites for hydroxylation is 1. The van der Waals surface area contributed by atoms with Crippen LogP contribution in [-0.4, -0.2) is 31.2 Å². The fraction of sp³-hybridized carbons (Fsp3) is 0.136. The topological polar surface area (TPSA) is 64.2 Å². The number of amides is 1. The molecule has 2 aromatic carbocycles. The summed E-state index contributed by atoms with van der Waals surface area (Å²) in [7, 11) is 0. The molecular weight excluding hydrogens is 418 g/mol. The number of carbonyl (C=O) groups is 1. The summed E-state index contributed by atoms with van der Waals surface area (Å²) >= 11 is 7.60. The van der Waals surface area contributed by atoms with E-state index in [1.54, 1.807) is 4.68 Å². The lowest BCUT2D eigenvalue weighted by Gasteiger charge is -2.05. The minimum absolute atomic E-state index is 0.0428. The highest BCUT2D eigenvalue weighted by Crippen LogP contribution is 2.34. The molecule has 3 heterocycles. The average molecular weight is 436 g/mol. The summed E-state index contributed by atoms with van der Waals surface area (Å²) in [5.41, 5.74) is 3.82. The molecule has 4 aromatic rings. The fourth-order valence-electron chi connectivity index (χ4n) is 3.58. The van der Waals surface area contributed by atoms with Crippen molar-refractivity contribution in [2.24, 2.45) is 4.99 Å². The van der Waals surface area contributed by atoms with Gasteiger partial charge in [0.1, 0.15) is 0 Å². The van der Waals surface area contributed by atoms with E-state index in [9.17, 15) is 4.79 Å². The number of fused-ring (bicyclic) bond motifs is 1. The normalized spacial score (nSPS) is 15.3. The Labute approximate surface area is 182 Å². The van der Waals surface area contributed by atoms with E-state index in [4.69, 9.17) is 16.7 Å². The maximum Gasteiger partial charge on any atom is 0.236 e. The number of hydrogen-bond donors (Lipinski definition) is 1.